The van der Waals surface area contributed by atoms with Crippen LogP contribution >= 0.6 is 0 Å². The van der Waals surface area contributed by atoms with Crippen molar-refractivity contribution in [3.05, 3.63) is 29.3 Å². The lowest BCUT2D eigenvalue weighted by molar-refractivity contribution is -0.137. The molecule has 3 fully saturated rings. The van der Waals surface area contributed by atoms with Gasteiger partial charge in [-0.25, -0.2) is 4.98 Å². The Labute approximate surface area is 174 Å². The van der Waals surface area contributed by atoms with E-state index in [4.69, 9.17) is 10.7 Å². The van der Waals surface area contributed by atoms with Crippen LogP contribution in [0.25, 0.3) is 10.9 Å². The van der Waals surface area contributed by atoms with Gasteiger partial charge in [-0.15, -0.1) is 0 Å². The van der Waals surface area contributed by atoms with E-state index in [0.29, 0.717) is 40.5 Å². The fourth-order valence-electron chi connectivity index (χ4n) is 6.87. The second-order valence-corrected chi connectivity index (χ2v) is 9.55. The third-order valence-electron chi connectivity index (χ3n) is 8.07. The van der Waals surface area contributed by atoms with Gasteiger partial charge in [-0.1, -0.05) is 0 Å². The van der Waals surface area contributed by atoms with Crippen LogP contribution in [0.2, 0.25) is 0 Å². The molecular formula is C23H27F3N4. The molecule has 160 valence electrons. The first-order chi connectivity index (χ1) is 14.4. The first kappa shape index (κ1) is 18.7. The molecule has 7 heteroatoms. The van der Waals surface area contributed by atoms with Crippen molar-refractivity contribution in [2.24, 2.45) is 11.8 Å². The quantitative estimate of drug-likeness (QED) is 0.689. The van der Waals surface area contributed by atoms with E-state index in [2.05, 4.69) is 9.80 Å². The predicted octanol–water partition coefficient (Wildman–Crippen LogP) is 4.46. The lowest BCUT2D eigenvalue weighted by atomic mass is 9.68. The summed E-state index contributed by atoms with van der Waals surface area (Å²) in [4.78, 5) is 10.1. The van der Waals surface area contributed by atoms with Crippen LogP contribution in [0.3, 0.4) is 0 Å². The van der Waals surface area contributed by atoms with E-state index < -0.39 is 11.7 Å². The van der Waals surface area contributed by atoms with Gasteiger partial charge < -0.3 is 10.6 Å². The molecule has 0 saturated carbocycles. The molecule has 0 amide bonds. The predicted molar refractivity (Wildman–Crippen MR) is 111 cm³/mol. The summed E-state index contributed by atoms with van der Waals surface area (Å²) in [7, 11) is 0. The molecule has 0 radical (unpaired) electrons. The summed E-state index contributed by atoms with van der Waals surface area (Å²) in [6.07, 6.45) is 2.49. The third kappa shape index (κ3) is 2.67. The van der Waals surface area contributed by atoms with Gasteiger partial charge >= 0.3 is 6.18 Å². The van der Waals surface area contributed by atoms with E-state index >= 15 is 0 Å². The zero-order chi connectivity index (χ0) is 20.6. The summed E-state index contributed by atoms with van der Waals surface area (Å²) in [5, 5.41) is 0.429. The molecular weight excluding hydrogens is 389 g/mol. The maximum atomic E-state index is 13.2. The van der Waals surface area contributed by atoms with Gasteiger partial charge in [0, 0.05) is 35.3 Å². The Morgan fingerprint density at radius 1 is 1.07 bits per heavy atom. The number of benzene rings is 1. The number of hydrogen-bond donors (Lipinski definition) is 1. The number of aromatic nitrogens is 1. The Balaban J connectivity index is 1.44. The highest BCUT2D eigenvalue weighted by molar-refractivity contribution is 5.95. The topological polar surface area (TPSA) is 45.4 Å². The van der Waals surface area contributed by atoms with Crippen molar-refractivity contribution < 1.29 is 13.2 Å². The fraction of sp³-hybridized carbons (Fsp3) is 0.609. The summed E-state index contributed by atoms with van der Waals surface area (Å²) in [6.45, 7) is 3.46. The molecule has 4 nitrogen and oxygen atoms in total. The minimum absolute atomic E-state index is 0.429. The van der Waals surface area contributed by atoms with Crippen LogP contribution in [0.15, 0.2) is 18.2 Å². The largest absolute Gasteiger partial charge is 0.416 e. The van der Waals surface area contributed by atoms with E-state index in [1.807, 2.05) is 0 Å². The Morgan fingerprint density at radius 3 is 2.67 bits per heavy atom. The monoisotopic (exact) mass is 416 g/mol. The lowest BCUT2D eigenvalue weighted by Crippen LogP contribution is -2.65. The first-order valence-electron chi connectivity index (χ1n) is 11.2. The van der Waals surface area contributed by atoms with Gasteiger partial charge in [0.15, 0.2) is 0 Å². The summed E-state index contributed by atoms with van der Waals surface area (Å²) >= 11 is 0. The number of pyridine rings is 1. The maximum Gasteiger partial charge on any atom is 0.416 e. The molecule has 5 heterocycles. The van der Waals surface area contributed by atoms with Crippen molar-refractivity contribution in [3.63, 3.8) is 0 Å². The summed E-state index contributed by atoms with van der Waals surface area (Å²) < 4.78 is 39.6. The van der Waals surface area contributed by atoms with Crippen molar-refractivity contribution in [1.29, 1.82) is 0 Å². The number of nitrogens with two attached hydrogens (primary N) is 1. The molecule has 3 saturated heterocycles. The van der Waals surface area contributed by atoms with Crippen LogP contribution in [0.5, 0.6) is 0 Å². The maximum absolute atomic E-state index is 13.2. The standard InChI is InChI=1S/C23H27F3N4/c24-23(25,26)14-5-7-18-17(11-14)20(27)16-6-8-19-15-4-2-10-29-9-1-3-13(21(15)29)12-30(19)22(16)28-18/h5,7,11,13,15,19,21H,1-4,6,8-10,12H2,(H2,27,28)/t13-,15+,19+,21-/m0/s1. The average Bonchev–Trinajstić information content (AvgIpc) is 2.73. The molecule has 0 unspecified atom stereocenters. The fourth-order valence-corrected chi connectivity index (χ4v) is 6.87. The molecule has 4 aliphatic rings. The SMILES string of the molecule is Nc1c2c(nc3ccc(C(F)(F)F)cc13)N1C[C@@H]3CCCN4CCC[C@@H]([C@H]34)[C@H]1CC2. The normalized spacial score (nSPS) is 31.2. The van der Waals surface area contributed by atoms with Crippen molar-refractivity contribution in [2.75, 3.05) is 30.3 Å². The molecule has 0 aliphatic carbocycles. The Kier molecular flexibility index (Phi) is 4.05. The van der Waals surface area contributed by atoms with Crippen molar-refractivity contribution in [2.45, 2.75) is 56.8 Å². The highest BCUT2D eigenvalue weighted by atomic mass is 19.4. The van der Waals surface area contributed by atoms with Gasteiger partial charge in [0.1, 0.15) is 5.82 Å². The van der Waals surface area contributed by atoms with E-state index in [1.54, 1.807) is 0 Å². The second-order valence-electron chi connectivity index (χ2n) is 9.55. The van der Waals surface area contributed by atoms with Crippen LogP contribution in [-0.4, -0.2) is 41.6 Å². The number of alkyl halides is 3. The van der Waals surface area contributed by atoms with Crippen molar-refractivity contribution in [3.8, 4) is 0 Å². The molecule has 6 rings (SSSR count). The Bertz CT molecular complexity index is 1000. The highest BCUT2D eigenvalue weighted by Gasteiger charge is 2.50. The number of nitrogen functional groups attached to an aromatic ring is 1. The van der Waals surface area contributed by atoms with E-state index in [0.717, 1.165) is 42.9 Å². The molecule has 1 aromatic heterocycles. The zero-order valence-electron chi connectivity index (χ0n) is 17.0. The first-order valence-corrected chi connectivity index (χ1v) is 11.2. The summed E-state index contributed by atoms with van der Waals surface area (Å²) in [6, 6.07) is 4.93. The van der Waals surface area contributed by atoms with E-state index in [-0.39, 0.29) is 0 Å². The summed E-state index contributed by atoms with van der Waals surface area (Å²) in [5.74, 6) is 2.24. The molecule has 2 aromatic rings. The second kappa shape index (κ2) is 6.49. The molecule has 2 N–H and O–H groups in total. The van der Waals surface area contributed by atoms with Gasteiger partial charge in [-0.3, -0.25) is 4.90 Å². The minimum Gasteiger partial charge on any atom is -0.398 e. The smallest absolute Gasteiger partial charge is 0.398 e. The number of nitrogens with zero attached hydrogens (tertiary/aromatic N) is 3. The van der Waals surface area contributed by atoms with Crippen LogP contribution in [0, 0.1) is 11.8 Å². The number of piperidine rings is 3. The van der Waals surface area contributed by atoms with Crippen LogP contribution < -0.4 is 10.6 Å². The van der Waals surface area contributed by atoms with Gasteiger partial charge in [0.2, 0.25) is 0 Å². The van der Waals surface area contributed by atoms with Crippen LogP contribution in [-0.2, 0) is 12.6 Å². The van der Waals surface area contributed by atoms with Gasteiger partial charge in [-0.2, -0.15) is 13.2 Å². The zero-order valence-corrected chi connectivity index (χ0v) is 17.0. The van der Waals surface area contributed by atoms with E-state index in [1.165, 1.54) is 44.8 Å². The van der Waals surface area contributed by atoms with Crippen LogP contribution in [0.1, 0.15) is 43.2 Å². The molecule has 30 heavy (non-hydrogen) atoms. The van der Waals surface area contributed by atoms with Crippen molar-refractivity contribution in [1.82, 2.24) is 9.88 Å². The molecule has 1 aromatic carbocycles. The number of hydrogen-bond acceptors (Lipinski definition) is 4. The molecule has 4 aliphatic heterocycles. The number of rotatable bonds is 0. The van der Waals surface area contributed by atoms with Gasteiger partial charge in [0.05, 0.1) is 11.1 Å². The number of halogens is 3. The minimum atomic E-state index is -4.38. The Morgan fingerprint density at radius 2 is 1.87 bits per heavy atom. The van der Waals surface area contributed by atoms with E-state index in [9.17, 15) is 13.2 Å². The highest BCUT2D eigenvalue weighted by Crippen LogP contribution is 2.48. The molecule has 4 atom stereocenters. The lowest BCUT2D eigenvalue weighted by Gasteiger charge is -2.59. The van der Waals surface area contributed by atoms with Crippen LogP contribution in [0.4, 0.5) is 24.7 Å². The Hall–Kier alpha value is -2.02. The van der Waals surface area contributed by atoms with Gasteiger partial charge in [0.25, 0.3) is 0 Å². The summed E-state index contributed by atoms with van der Waals surface area (Å²) in [5.41, 5.74) is 7.79. The average molecular weight is 416 g/mol. The van der Waals surface area contributed by atoms with Gasteiger partial charge in [-0.05, 0) is 81.6 Å². The number of fused-ring (bicyclic) bond motifs is 5. The molecule has 0 spiro atoms. The third-order valence-corrected chi connectivity index (χ3v) is 8.07. The number of anilines is 2. The van der Waals surface area contributed by atoms with Crippen molar-refractivity contribution >= 4 is 22.4 Å². The molecule has 0 bridgehead atoms.